The van der Waals surface area contributed by atoms with E-state index in [1.54, 1.807) is 25.3 Å². The number of hydrogen-bond acceptors (Lipinski definition) is 2. The van der Waals surface area contributed by atoms with Gasteiger partial charge in [0.1, 0.15) is 0 Å². The van der Waals surface area contributed by atoms with Crippen LogP contribution < -0.4 is 0 Å². The molecule has 2 heterocycles. The number of aromatic nitrogens is 1. The van der Waals surface area contributed by atoms with Crippen molar-refractivity contribution in [1.82, 2.24) is 4.57 Å². The summed E-state index contributed by atoms with van der Waals surface area (Å²) >= 11 is 0. The lowest BCUT2D eigenvalue weighted by Crippen LogP contribution is -2.02. The summed E-state index contributed by atoms with van der Waals surface area (Å²) in [5.41, 5.74) is 3.76. The zero-order valence-corrected chi connectivity index (χ0v) is 11.8. The van der Waals surface area contributed by atoms with Gasteiger partial charge in [0.25, 0.3) is 0 Å². The van der Waals surface area contributed by atoms with E-state index in [0.717, 1.165) is 16.9 Å². The highest BCUT2D eigenvalue weighted by Crippen LogP contribution is 2.29. The first kappa shape index (κ1) is 13.2. The van der Waals surface area contributed by atoms with Gasteiger partial charge in [0, 0.05) is 11.4 Å². The van der Waals surface area contributed by atoms with Gasteiger partial charge in [-0.05, 0) is 44.2 Å². The Morgan fingerprint density at radius 1 is 1.14 bits per heavy atom. The molecule has 21 heavy (non-hydrogen) atoms. The fourth-order valence-corrected chi connectivity index (χ4v) is 2.46. The number of rotatable bonds is 3. The molecule has 1 N–H and O–H groups in total. The number of aromatic carboxylic acids is 1. The Morgan fingerprint density at radius 3 is 2.43 bits per heavy atom. The van der Waals surface area contributed by atoms with Gasteiger partial charge in [-0.1, -0.05) is 17.7 Å². The van der Waals surface area contributed by atoms with Crippen LogP contribution in [0.25, 0.3) is 17.1 Å². The highest BCUT2D eigenvalue weighted by molar-refractivity contribution is 5.91. The summed E-state index contributed by atoms with van der Waals surface area (Å²) in [6.45, 7) is 3.82. The Morgan fingerprint density at radius 2 is 1.86 bits per heavy atom. The molecule has 2 aromatic heterocycles. The van der Waals surface area contributed by atoms with Crippen LogP contribution in [0.5, 0.6) is 0 Å². The van der Waals surface area contributed by atoms with E-state index in [2.05, 4.69) is 0 Å². The molecule has 0 amide bonds. The number of furan rings is 1. The number of carboxylic acid groups (broad SMARTS) is 1. The topological polar surface area (TPSA) is 55.4 Å². The second-order valence-electron chi connectivity index (χ2n) is 4.98. The lowest BCUT2D eigenvalue weighted by atomic mass is 10.2. The second-order valence-corrected chi connectivity index (χ2v) is 4.98. The molecule has 3 rings (SSSR count). The van der Waals surface area contributed by atoms with Gasteiger partial charge in [0.15, 0.2) is 5.76 Å². The summed E-state index contributed by atoms with van der Waals surface area (Å²) in [6.07, 6.45) is 1.58. The van der Waals surface area contributed by atoms with Crippen molar-refractivity contribution in [2.24, 2.45) is 0 Å². The quantitative estimate of drug-likeness (QED) is 0.787. The molecule has 0 atom stereocenters. The van der Waals surface area contributed by atoms with E-state index in [4.69, 9.17) is 4.42 Å². The van der Waals surface area contributed by atoms with Crippen molar-refractivity contribution in [1.29, 1.82) is 0 Å². The molecule has 0 unspecified atom stereocenters. The van der Waals surface area contributed by atoms with Gasteiger partial charge >= 0.3 is 5.97 Å². The van der Waals surface area contributed by atoms with Gasteiger partial charge in [-0.25, -0.2) is 4.79 Å². The molecule has 4 nitrogen and oxygen atoms in total. The van der Waals surface area contributed by atoms with Crippen LogP contribution in [-0.4, -0.2) is 15.6 Å². The van der Waals surface area contributed by atoms with Crippen molar-refractivity contribution in [2.75, 3.05) is 0 Å². The summed E-state index contributed by atoms with van der Waals surface area (Å²) in [5, 5.41) is 9.35. The third-order valence-electron chi connectivity index (χ3n) is 3.54. The van der Waals surface area contributed by atoms with Crippen LogP contribution in [0.3, 0.4) is 0 Å². The molecule has 0 fully saturated rings. The molecule has 0 spiro atoms. The molecule has 0 aliphatic rings. The standard InChI is InChI=1S/C17H15NO3/c1-11-5-7-13(8-6-11)18-12(2)14(17(19)20)10-15(18)16-4-3-9-21-16/h3-10H,1-2H3,(H,19,20). The molecule has 0 aliphatic carbocycles. The Labute approximate surface area is 122 Å². The smallest absolute Gasteiger partial charge is 0.337 e. The summed E-state index contributed by atoms with van der Waals surface area (Å²) in [4.78, 5) is 11.4. The number of hydrogen-bond donors (Lipinski definition) is 1. The Kier molecular flexibility index (Phi) is 3.14. The van der Waals surface area contributed by atoms with E-state index < -0.39 is 5.97 Å². The average Bonchev–Trinajstić information content (AvgIpc) is 3.07. The van der Waals surface area contributed by atoms with Crippen LogP contribution in [0.4, 0.5) is 0 Å². The normalized spacial score (nSPS) is 10.8. The van der Waals surface area contributed by atoms with E-state index in [1.165, 1.54) is 0 Å². The van der Waals surface area contributed by atoms with Crippen molar-refractivity contribution >= 4 is 5.97 Å². The van der Waals surface area contributed by atoms with Crippen molar-refractivity contribution in [3.8, 4) is 17.1 Å². The second kappa shape index (κ2) is 4.98. The van der Waals surface area contributed by atoms with Crippen molar-refractivity contribution in [3.63, 3.8) is 0 Å². The first-order valence-electron chi connectivity index (χ1n) is 6.64. The summed E-state index contributed by atoms with van der Waals surface area (Å²) in [6, 6.07) is 13.2. The fraction of sp³-hybridized carbons (Fsp3) is 0.118. The molecule has 0 radical (unpaired) electrons. The molecule has 3 aromatic rings. The Bertz CT molecular complexity index is 780. The fourth-order valence-electron chi connectivity index (χ4n) is 2.46. The van der Waals surface area contributed by atoms with E-state index in [1.807, 2.05) is 41.8 Å². The van der Waals surface area contributed by atoms with E-state index >= 15 is 0 Å². The zero-order valence-electron chi connectivity index (χ0n) is 11.8. The third kappa shape index (κ3) is 2.25. The molecule has 1 aromatic carbocycles. The molecule has 0 saturated carbocycles. The minimum atomic E-state index is -0.939. The number of aryl methyl sites for hydroxylation is 1. The summed E-state index contributed by atoms with van der Waals surface area (Å²) in [5.74, 6) is -0.294. The van der Waals surface area contributed by atoms with Crippen LogP contribution in [0.1, 0.15) is 21.6 Å². The highest BCUT2D eigenvalue weighted by Gasteiger charge is 2.20. The van der Waals surface area contributed by atoms with Gasteiger partial charge in [-0.2, -0.15) is 0 Å². The van der Waals surface area contributed by atoms with Crippen LogP contribution in [-0.2, 0) is 0 Å². The summed E-state index contributed by atoms with van der Waals surface area (Å²) < 4.78 is 7.34. The number of benzene rings is 1. The van der Waals surface area contributed by atoms with Gasteiger partial charge in [0.2, 0.25) is 0 Å². The van der Waals surface area contributed by atoms with Crippen LogP contribution >= 0.6 is 0 Å². The number of nitrogens with zero attached hydrogens (tertiary/aromatic N) is 1. The van der Waals surface area contributed by atoms with Crippen molar-refractivity contribution in [2.45, 2.75) is 13.8 Å². The third-order valence-corrected chi connectivity index (χ3v) is 3.54. The van der Waals surface area contributed by atoms with Crippen LogP contribution in [0.2, 0.25) is 0 Å². The lowest BCUT2D eigenvalue weighted by molar-refractivity contribution is 0.0696. The van der Waals surface area contributed by atoms with Gasteiger partial charge in [0.05, 0.1) is 17.5 Å². The maximum absolute atomic E-state index is 11.4. The molecule has 0 aliphatic heterocycles. The molecule has 106 valence electrons. The SMILES string of the molecule is Cc1ccc(-n2c(-c3ccco3)cc(C(=O)O)c2C)cc1. The Balaban J connectivity index is 2.26. The van der Waals surface area contributed by atoms with Crippen LogP contribution in [0, 0.1) is 13.8 Å². The predicted molar refractivity (Wildman–Crippen MR) is 79.9 cm³/mol. The minimum absolute atomic E-state index is 0.280. The Hall–Kier alpha value is -2.75. The summed E-state index contributed by atoms with van der Waals surface area (Å²) in [7, 11) is 0. The van der Waals surface area contributed by atoms with Crippen molar-refractivity contribution < 1.29 is 14.3 Å². The molecular weight excluding hydrogens is 266 g/mol. The molecule has 0 bridgehead atoms. The van der Waals surface area contributed by atoms with E-state index in [0.29, 0.717) is 11.5 Å². The van der Waals surface area contributed by atoms with Crippen LogP contribution in [0.15, 0.2) is 53.1 Å². The molecule has 0 saturated heterocycles. The average molecular weight is 281 g/mol. The number of carboxylic acids is 1. The van der Waals surface area contributed by atoms with Crippen molar-refractivity contribution in [3.05, 3.63) is 65.5 Å². The lowest BCUT2D eigenvalue weighted by Gasteiger charge is -2.11. The molecule has 4 heteroatoms. The largest absolute Gasteiger partial charge is 0.478 e. The molecular formula is C17H15NO3. The first-order chi connectivity index (χ1) is 10.1. The predicted octanol–water partition coefficient (Wildman–Crippen LogP) is 4.05. The minimum Gasteiger partial charge on any atom is -0.478 e. The van der Waals surface area contributed by atoms with Gasteiger partial charge in [-0.15, -0.1) is 0 Å². The maximum Gasteiger partial charge on any atom is 0.337 e. The van der Waals surface area contributed by atoms with Gasteiger partial charge in [-0.3, -0.25) is 0 Å². The maximum atomic E-state index is 11.4. The van der Waals surface area contributed by atoms with Gasteiger partial charge < -0.3 is 14.1 Å². The first-order valence-corrected chi connectivity index (χ1v) is 6.64. The zero-order chi connectivity index (χ0) is 15.0. The van der Waals surface area contributed by atoms with E-state index in [9.17, 15) is 9.90 Å². The van der Waals surface area contributed by atoms with E-state index in [-0.39, 0.29) is 5.56 Å². The highest BCUT2D eigenvalue weighted by atomic mass is 16.4. The monoisotopic (exact) mass is 281 g/mol. The number of carbonyl (C=O) groups is 1.